The summed E-state index contributed by atoms with van der Waals surface area (Å²) in [7, 11) is 0. The Hall–Kier alpha value is -1.06. The van der Waals surface area contributed by atoms with Crippen molar-refractivity contribution in [2.24, 2.45) is 0 Å². The second-order valence-corrected chi connectivity index (χ2v) is 5.26. The van der Waals surface area contributed by atoms with Crippen LogP contribution in [-0.4, -0.2) is 43.3 Å². The number of hydrogen-bond acceptors (Lipinski definition) is 3. The van der Waals surface area contributed by atoms with E-state index in [9.17, 15) is 0 Å². The van der Waals surface area contributed by atoms with Gasteiger partial charge in [-0.15, -0.1) is 0 Å². The molecule has 3 heteroatoms. The van der Waals surface area contributed by atoms with Gasteiger partial charge in [-0.25, -0.2) is 0 Å². The summed E-state index contributed by atoms with van der Waals surface area (Å²) >= 11 is 0. The molecule has 1 aromatic carbocycles. The van der Waals surface area contributed by atoms with Gasteiger partial charge in [0.1, 0.15) is 11.9 Å². The van der Waals surface area contributed by atoms with Gasteiger partial charge in [0.25, 0.3) is 0 Å². The normalized spacial score (nSPS) is 25.7. The van der Waals surface area contributed by atoms with E-state index in [0.717, 1.165) is 32.0 Å². The van der Waals surface area contributed by atoms with Gasteiger partial charge in [-0.3, -0.25) is 4.90 Å². The molecule has 2 saturated heterocycles. The summed E-state index contributed by atoms with van der Waals surface area (Å²) in [6.07, 6.45) is 4.59. The first kappa shape index (κ1) is 12.0. The van der Waals surface area contributed by atoms with Crippen LogP contribution < -0.4 is 4.74 Å². The zero-order valence-electron chi connectivity index (χ0n) is 10.8. The summed E-state index contributed by atoms with van der Waals surface area (Å²) in [5, 5.41) is 0. The molecule has 0 spiro atoms. The second-order valence-electron chi connectivity index (χ2n) is 5.26. The van der Waals surface area contributed by atoms with E-state index in [1.54, 1.807) is 0 Å². The highest BCUT2D eigenvalue weighted by molar-refractivity contribution is 5.21. The quantitative estimate of drug-likeness (QED) is 0.815. The minimum Gasteiger partial charge on any atom is -0.488 e. The lowest BCUT2D eigenvalue weighted by molar-refractivity contribution is -0.0474. The lowest BCUT2D eigenvalue weighted by Crippen LogP contribution is -2.56. The van der Waals surface area contributed by atoms with Crippen LogP contribution in [0, 0.1) is 0 Å². The van der Waals surface area contributed by atoms with Gasteiger partial charge in [0.2, 0.25) is 0 Å². The first-order valence-corrected chi connectivity index (χ1v) is 6.96. The van der Waals surface area contributed by atoms with E-state index >= 15 is 0 Å². The van der Waals surface area contributed by atoms with Crippen molar-refractivity contribution in [3.63, 3.8) is 0 Å². The van der Waals surface area contributed by atoms with Crippen molar-refractivity contribution in [1.82, 2.24) is 4.90 Å². The Bertz CT molecular complexity index is 356. The largest absolute Gasteiger partial charge is 0.488 e. The molecule has 0 radical (unpaired) electrons. The lowest BCUT2D eigenvalue weighted by atomic mass is 10.1. The van der Waals surface area contributed by atoms with Crippen LogP contribution in [0.2, 0.25) is 0 Å². The third kappa shape index (κ3) is 3.03. The molecule has 2 aliphatic heterocycles. The highest BCUT2D eigenvalue weighted by atomic mass is 16.5. The molecular formula is C15H21NO2. The highest BCUT2D eigenvalue weighted by Crippen LogP contribution is 2.20. The minimum absolute atomic E-state index is 0.357. The Morgan fingerprint density at radius 3 is 2.72 bits per heavy atom. The van der Waals surface area contributed by atoms with Crippen molar-refractivity contribution in [3.05, 3.63) is 30.3 Å². The topological polar surface area (TPSA) is 21.7 Å². The van der Waals surface area contributed by atoms with Gasteiger partial charge in [-0.1, -0.05) is 18.2 Å². The molecule has 0 amide bonds. The summed E-state index contributed by atoms with van der Waals surface area (Å²) < 4.78 is 11.6. The smallest absolute Gasteiger partial charge is 0.124 e. The Morgan fingerprint density at radius 1 is 1.17 bits per heavy atom. The fraction of sp³-hybridized carbons (Fsp3) is 0.600. The van der Waals surface area contributed by atoms with Crippen LogP contribution in [0.25, 0.3) is 0 Å². The average molecular weight is 247 g/mol. The monoisotopic (exact) mass is 247 g/mol. The SMILES string of the molecule is c1ccc(OC2CN(C[C@H]3CCCCO3)C2)cc1. The van der Waals surface area contributed by atoms with Crippen molar-refractivity contribution in [2.45, 2.75) is 31.5 Å². The Kier molecular flexibility index (Phi) is 3.81. The van der Waals surface area contributed by atoms with E-state index in [2.05, 4.69) is 4.90 Å². The van der Waals surface area contributed by atoms with Gasteiger partial charge >= 0.3 is 0 Å². The van der Waals surface area contributed by atoms with Crippen LogP contribution >= 0.6 is 0 Å². The number of likely N-dealkylation sites (tertiary alicyclic amines) is 1. The second kappa shape index (κ2) is 5.72. The predicted molar refractivity (Wildman–Crippen MR) is 70.9 cm³/mol. The number of rotatable bonds is 4. The standard InChI is InChI=1S/C15H21NO2/c1-2-6-13(7-3-1)18-15-11-16(12-15)10-14-8-4-5-9-17-14/h1-3,6-7,14-15H,4-5,8-12H2/t14-/m1/s1. The zero-order valence-corrected chi connectivity index (χ0v) is 10.8. The van der Waals surface area contributed by atoms with E-state index in [4.69, 9.17) is 9.47 Å². The molecule has 0 aromatic heterocycles. The Labute approximate surface area is 109 Å². The number of benzene rings is 1. The van der Waals surface area contributed by atoms with E-state index in [1.165, 1.54) is 19.3 Å². The van der Waals surface area contributed by atoms with E-state index < -0.39 is 0 Å². The molecule has 3 nitrogen and oxygen atoms in total. The minimum atomic E-state index is 0.357. The first-order valence-electron chi connectivity index (χ1n) is 6.96. The molecule has 2 fully saturated rings. The molecule has 0 bridgehead atoms. The molecule has 2 aliphatic rings. The molecule has 0 unspecified atom stereocenters. The van der Waals surface area contributed by atoms with Gasteiger partial charge < -0.3 is 9.47 Å². The average Bonchev–Trinajstić information content (AvgIpc) is 2.39. The van der Waals surface area contributed by atoms with Crippen LogP contribution in [0.3, 0.4) is 0 Å². The van der Waals surface area contributed by atoms with Gasteiger partial charge in [-0.2, -0.15) is 0 Å². The molecule has 0 aliphatic carbocycles. The fourth-order valence-electron chi connectivity index (χ4n) is 2.68. The summed E-state index contributed by atoms with van der Waals surface area (Å²) in [4.78, 5) is 2.43. The van der Waals surface area contributed by atoms with E-state index in [1.807, 2.05) is 30.3 Å². The number of hydrogen-bond donors (Lipinski definition) is 0. The molecule has 0 saturated carbocycles. The van der Waals surface area contributed by atoms with Crippen LogP contribution in [0.4, 0.5) is 0 Å². The van der Waals surface area contributed by atoms with Crippen LogP contribution in [0.5, 0.6) is 5.75 Å². The van der Waals surface area contributed by atoms with Crippen LogP contribution in [0.15, 0.2) is 30.3 Å². The maximum Gasteiger partial charge on any atom is 0.124 e. The van der Waals surface area contributed by atoms with Gasteiger partial charge in [0.05, 0.1) is 6.10 Å². The maximum absolute atomic E-state index is 5.89. The third-order valence-electron chi connectivity index (χ3n) is 3.71. The van der Waals surface area contributed by atoms with Gasteiger partial charge in [0, 0.05) is 26.2 Å². The zero-order chi connectivity index (χ0) is 12.2. The van der Waals surface area contributed by atoms with Gasteiger partial charge in [0.15, 0.2) is 0 Å². The summed E-state index contributed by atoms with van der Waals surface area (Å²) in [5.74, 6) is 0.982. The fourth-order valence-corrected chi connectivity index (χ4v) is 2.68. The molecule has 1 atom stereocenters. The Balaban J connectivity index is 1.38. The third-order valence-corrected chi connectivity index (χ3v) is 3.71. The predicted octanol–water partition coefficient (Wildman–Crippen LogP) is 2.32. The number of ether oxygens (including phenoxy) is 2. The highest BCUT2D eigenvalue weighted by Gasteiger charge is 2.30. The molecule has 3 rings (SSSR count). The van der Waals surface area contributed by atoms with Crippen molar-refractivity contribution >= 4 is 0 Å². The molecular weight excluding hydrogens is 226 g/mol. The van der Waals surface area contributed by atoms with E-state index in [0.29, 0.717) is 12.2 Å². The molecule has 18 heavy (non-hydrogen) atoms. The number of para-hydroxylation sites is 1. The molecule has 1 aromatic rings. The molecule has 2 heterocycles. The lowest BCUT2D eigenvalue weighted by Gasteiger charge is -2.41. The molecule has 0 N–H and O–H groups in total. The van der Waals surface area contributed by atoms with E-state index in [-0.39, 0.29) is 0 Å². The first-order chi connectivity index (χ1) is 8.90. The van der Waals surface area contributed by atoms with Crippen LogP contribution in [-0.2, 0) is 4.74 Å². The summed E-state index contributed by atoms with van der Waals surface area (Å²) in [5.41, 5.74) is 0. The molecule has 98 valence electrons. The van der Waals surface area contributed by atoms with Crippen molar-refractivity contribution in [2.75, 3.05) is 26.2 Å². The Morgan fingerprint density at radius 2 is 2.00 bits per heavy atom. The number of nitrogens with zero attached hydrogens (tertiary/aromatic N) is 1. The van der Waals surface area contributed by atoms with Crippen molar-refractivity contribution < 1.29 is 9.47 Å². The summed E-state index contributed by atoms with van der Waals surface area (Å²) in [6.45, 7) is 4.10. The van der Waals surface area contributed by atoms with Crippen LogP contribution in [0.1, 0.15) is 19.3 Å². The van der Waals surface area contributed by atoms with Crippen molar-refractivity contribution in [3.8, 4) is 5.75 Å². The van der Waals surface area contributed by atoms with Crippen molar-refractivity contribution in [1.29, 1.82) is 0 Å². The van der Waals surface area contributed by atoms with Gasteiger partial charge in [-0.05, 0) is 31.4 Å². The maximum atomic E-state index is 5.89. The summed E-state index contributed by atoms with van der Waals surface area (Å²) in [6, 6.07) is 10.1.